The van der Waals surface area contributed by atoms with E-state index in [-0.39, 0.29) is 6.42 Å². The minimum atomic E-state index is -4.31. The Morgan fingerprint density at radius 1 is 1.25 bits per heavy atom. The number of rotatable bonds is 3. The van der Waals surface area contributed by atoms with Crippen molar-refractivity contribution in [2.24, 2.45) is 0 Å². The van der Waals surface area contributed by atoms with Crippen LogP contribution >= 0.6 is 0 Å². The number of halogens is 3. The topological polar surface area (TPSA) is 34.1 Å². The first-order valence-corrected chi connectivity index (χ1v) is 4.42. The Kier molecular flexibility index (Phi) is 6.07. The maximum Gasteiger partial charge on any atom is 0.416 e. The lowest BCUT2D eigenvalue weighted by atomic mass is 10.1. The summed E-state index contributed by atoms with van der Waals surface area (Å²) in [5.74, 6) is 0. The third kappa shape index (κ3) is 4.72. The second-order valence-electron chi connectivity index (χ2n) is 2.90. The summed E-state index contributed by atoms with van der Waals surface area (Å²) in [4.78, 5) is 18.0. The van der Waals surface area contributed by atoms with Gasteiger partial charge in [-0.1, -0.05) is 18.2 Å². The predicted molar refractivity (Wildman–Crippen MR) is 53.0 cm³/mol. The first-order chi connectivity index (χ1) is 7.54. The zero-order chi connectivity index (χ0) is 12.6. The predicted octanol–water partition coefficient (Wildman–Crippen LogP) is 2.65. The van der Waals surface area contributed by atoms with Gasteiger partial charge in [0.15, 0.2) is 0 Å². The minimum absolute atomic E-state index is 0.251. The van der Waals surface area contributed by atoms with Gasteiger partial charge in [0.2, 0.25) is 0 Å². The van der Waals surface area contributed by atoms with Gasteiger partial charge >= 0.3 is 6.18 Å². The Labute approximate surface area is 91.1 Å². The summed E-state index contributed by atoms with van der Waals surface area (Å²) in [6.07, 6.45) is -3.01. The summed E-state index contributed by atoms with van der Waals surface area (Å²) in [6, 6.07) is 5.02. The van der Waals surface area contributed by atoms with Crippen molar-refractivity contribution < 1.29 is 22.8 Å². The van der Waals surface area contributed by atoms with Gasteiger partial charge in [-0.25, -0.2) is 0 Å². The average molecular weight is 232 g/mol. The van der Waals surface area contributed by atoms with Crippen LogP contribution in [0.5, 0.6) is 0 Å². The van der Waals surface area contributed by atoms with E-state index in [0.29, 0.717) is 18.3 Å². The van der Waals surface area contributed by atoms with E-state index in [4.69, 9.17) is 4.79 Å². The lowest BCUT2D eigenvalue weighted by molar-refractivity contribution is -0.137. The van der Waals surface area contributed by atoms with Crippen molar-refractivity contribution >= 4 is 13.1 Å². The molecule has 0 heterocycles. The molecule has 2 nitrogen and oxygen atoms in total. The number of aldehydes is 1. The molecule has 1 aromatic rings. The van der Waals surface area contributed by atoms with Crippen molar-refractivity contribution in [1.29, 1.82) is 0 Å². The van der Waals surface area contributed by atoms with Crippen LogP contribution < -0.4 is 0 Å². The zero-order valence-corrected chi connectivity index (χ0v) is 8.46. The summed E-state index contributed by atoms with van der Waals surface area (Å²) in [6.45, 7) is 2.00. The SMILES string of the molecule is C=O.O=CCCc1cccc(C(F)(F)F)c1. The molecule has 0 saturated carbocycles. The molecule has 1 rings (SSSR count). The highest BCUT2D eigenvalue weighted by Gasteiger charge is 2.30. The molecule has 88 valence electrons. The quantitative estimate of drug-likeness (QED) is 0.751. The third-order valence-corrected chi connectivity index (χ3v) is 1.81. The molecule has 0 aliphatic rings. The Morgan fingerprint density at radius 3 is 2.38 bits per heavy atom. The number of hydrogen-bond donors (Lipinski definition) is 0. The van der Waals surface area contributed by atoms with Gasteiger partial charge in [-0.3, -0.25) is 0 Å². The second-order valence-corrected chi connectivity index (χ2v) is 2.90. The Balaban J connectivity index is 0.00000106. The lowest BCUT2D eigenvalue weighted by Crippen LogP contribution is -2.05. The van der Waals surface area contributed by atoms with Crippen LogP contribution in [-0.4, -0.2) is 13.1 Å². The van der Waals surface area contributed by atoms with E-state index < -0.39 is 11.7 Å². The molecule has 0 radical (unpaired) electrons. The van der Waals surface area contributed by atoms with Crippen LogP contribution in [0, 0.1) is 0 Å². The average Bonchev–Trinajstić information content (AvgIpc) is 2.28. The Hall–Kier alpha value is -1.65. The van der Waals surface area contributed by atoms with Crippen LogP contribution in [0.1, 0.15) is 17.5 Å². The van der Waals surface area contributed by atoms with Crippen molar-refractivity contribution in [2.45, 2.75) is 19.0 Å². The van der Waals surface area contributed by atoms with E-state index in [1.165, 1.54) is 6.07 Å². The normalized spacial score (nSPS) is 10.2. The van der Waals surface area contributed by atoms with Gasteiger partial charge in [0.25, 0.3) is 0 Å². The molecule has 5 heteroatoms. The van der Waals surface area contributed by atoms with E-state index >= 15 is 0 Å². The van der Waals surface area contributed by atoms with Crippen LogP contribution in [0.25, 0.3) is 0 Å². The van der Waals surface area contributed by atoms with E-state index in [2.05, 4.69) is 0 Å². The van der Waals surface area contributed by atoms with E-state index in [1.54, 1.807) is 6.07 Å². The fourth-order valence-electron chi connectivity index (χ4n) is 1.13. The van der Waals surface area contributed by atoms with Crippen LogP contribution in [0.2, 0.25) is 0 Å². The summed E-state index contributed by atoms with van der Waals surface area (Å²) in [5, 5.41) is 0. The monoisotopic (exact) mass is 232 g/mol. The summed E-state index contributed by atoms with van der Waals surface area (Å²) in [7, 11) is 0. The van der Waals surface area contributed by atoms with Gasteiger partial charge in [-0.2, -0.15) is 13.2 Å². The molecule has 1 aromatic carbocycles. The number of alkyl halides is 3. The van der Waals surface area contributed by atoms with E-state index in [0.717, 1.165) is 12.1 Å². The van der Waals surface area contributed by atoms with Crippen molar-refractivity contribution in [1.82, 2.24) is 0 Å². The number of aryl methyl sites for hydroxylation is 1. The highest BCUT2D eigenvalue weighted by atomic mass is 19.4. The summed E-state index contributed by atoms with van der Waals surface area (Å²) < 4.78 is 36.7. The molecule has 16 heavy (non-hydrogen) atoms. The highest BCUT2D eigenvalue weighted by molar-refractivity contribution is 5.50. The number of carbonyl (C=O) groups excluding carboxylic acids is 2. The van der Waals surface area contributed by atoms with Gasteiger partial charge in [0.05, 0.1) is 5.56 Å². The molecular weight excluding hydrogens is 221 g/mol. The van der Waals surface area contributed by atoms with Crippen molar-refractivity contribution in [3.05, 3.63) is 35.4 Å². The third-order valence-electron chi connectivity index (χ3n) is 1.81. The molecule has 0 bridgehead atoms. The molecule has 0 spiro atoms. The largest absolute Gasteiger partial charge is 0.416 e. The van der Waals surface area contributed by atoms with Crippen LogP contribution in [0.3, 0.4) is 0 Å². The van der Waals surface area contributed by atoms with E-state index in [1.807, 2.05) is 6.79 Å². The van der Waals surface area contributed by atoms with Crippen LogP contribution in [-0.2, 0) is 22.2 Å². The van der Waals surface area contributed by atoms with Gasteiger partial charge in [0, 0.05) is 6.42 Å². The molecule has 0 aliphatic carbocycles. The summed E-state index contributed by atoms with van der Waals surface area (Å²) >= 11 is 0. The van der Waals surface area contributed by atoms with Crippen molar-refractivity contribution in [3.8, 4) is 0 Å². The molecule has 0 unspecified atom stereocenters. The lowest BCUT2D eigenvalue weighted by Gasteiger charge is -2.07. The molecule has 0 amide bonds. The zero-order valence-electron chi connectivity index (χ0n) is 8.46. The molecule has 0 aromatic heterocycles. The van der Waals surface area contributed by atoms with Crippen molar-refractivity contribution in [2.75, 3.05) is 0 Å². The molecular formula is C11H11F3O2. The van der Waals surface area contributed by atoms with Crippen molar-refractivity contribution in [3.63, 3.8) is 0 Å². The molecule has 0 saturated heterocycles. The van der Waals surface area contributed by atoms with Gasteiger partial charge in [-0.15, -0.1) is 0 Å². The van der Waals surface area contributed by atoms with Crippen LogP contribution in [0.4, 0.5) is 13.2 Å². The van der Waals surface area contributed by atoms with E-state index in [9.17, 15) is 18.0 Å². The Morgan fingerprint density at radius 2 is 1.88 bits per heavy atom. The van der Waals surface area contributed by atoms with Gasteiger partial charge in [0.1, 0.15) is 13.1 Å². The smallest absolute Gasteiger partial charge is 0.307 e. The first kappa shape index (κ1) is 14.3. The first-order valence-electron chi connectivity index (χ1n) is 4.42. The van der Waals surface area contributed by atoms with Gasteiger partial charge in [-0.05, 0) is 18.1 Å². The molecule has 0 aliphatic heterocycles. The fraction of sp³-hybridized carbons (Fsp3) is 0.273. The highest BCUT2D eigenvalue weighted by Crippen LogP contribution is 2.29. The fourth-order valence-corrected chi connectivity index (χ4v) is 1.13. The molecule has 0 N–H and O–H groups in total. The summed E-state index contributed by atoms with van der Waals surface area (Å²) in [5.41, 5.74) is -0.132. The maximum absolute atomic E-state index is 12.2. The standard InChI is InChI=1S/C10H9F3O.CH2O/c11-10(12,13)9-5-1-3-8(7-9)4-2-6-14;1-2/h1,3,5-7H,2,4H2;1H2. The number of benzene rings is 1. The maximum atomic E-state index is 12.2. The van der Waals surface area contributed by atoms with Crippen LogP contribution in [0.15, 0.2) is 24.3 Å². The number of hydrogen-bond acceptors (Lipinski definition) is 2. The number of carbonyl (C=O) groups is 2. The van der Waals surface area contributed by atoms with Gasteiger partial charge < -0.3 is 9.59 Å². The molecule has 0 atom stereocenters. The Bertz CT molecular complexity index is 334. The molecule has 0 fully saturated rings. The second kappa shape index (κ2) is 6.76. The minimum Gasteiger partial charge on any atom is -0.307 e.